The van der Waals surface area contributed by atoms with Crippen LogP contribution in [0.15, 0.2) is 12.1 Å². The number of hydrogen-bond donors (Lipinski definition) is 2. The van der Waals surface area contributed by atoms with Gasteiger partial charge in [-0.2, -0.15) is 0 Å². The number of ether oxygens (including phenoxy) is 2. The summed E-state index contributed by atoms with van der Waals surface area (Å²) >= 11 is 0. The van der Waals surface area contributed by atoms with Crippen LogP contribution in [0.3, 0.4) is 0 Å². The van der Waals surface area contributed by atoms with E-state index >= 15 is 0 Å². The fraction of sp³-hybridized carbons (Fsp3) is 0.222. The Kier molecular flexibility index (Phi) is 1.82. The molecule has 14 heavy (non-hydrogen) atoms. The summed E-state index contributed by atoms with van der Waals surface area (Å²) in [4.78, 5) is 11.1. The monoisotopic (exact) mass is 196 g/mol. The van der Waals surface area contributed by atoms with Gasteiger partial charge in [-0.1, -0.05) is 0 Å². The Morgan fingerprint density at radius 3 is 2.86 bits per heavy atom. The van der Waals surface area contributed by atoms with Crippen LogP contribution in [0.25, 0.3) is 0 Å². The number of aromatic hydroxyl groups is 1. The molecule has 1 atom stereocenters. The van der Waals surface area contributed by atoms with Gasteiger partial charge in [0.1, 0.15) is 11.5 Å². The molecule has 0 fully saturated rings. The lowest BCUT2D eigenvalue weighted by atomic mass is 10.1. The Labute approximate surface area is 79.5 Å². The van der Waals surface area contributed by atoms with E-state index in [1.54, 1.807) is 0 Å². The number of aliphatic hydroxyl groups excluding tert-OH is 1. The second-order valence-electron chi connectivity index (χ2n) is 2.87. The standard InChI is InChI=1S/C9H8O5/c1-13-4-2-5-7(6(10)3-4)9(12)14-8(5)11/h2-3,9-10,12H,1H3. The van der Waals surface area contributed by atoms with Gasteiger partial charge in [-0.25, -0.2) is 4.79 Å². The van der Waals surface area contributed by atoms with Crippen molar-refractivity contribution in [2.75, 3.05) is 7.11 Å². The molecule has 5 heteroatoms. The van der Waals surface area contributed by atoms with Crippen molar-refractivity contribution < 1.29 is 24.5 Å². The van der Waals surface area contributed by atoms with Gasteiger partial charge in [0, 0.05) is 6.07 Å². The first kappa shape index (κ1) is 8.83. The van der Waals surface area contributed by atoms with Gasteiger partial charge >= 0.3 is 5.97 Å². The van der Waals surface area contributed by atoms with Gasteiger partial charge in [0.15, 0.2) is 0 Å². The Morgan fingerprint density at radius 1 is 1.50 bits per heavy atom. The lowest BCUT2D eigenvalue weighted by molar-refractivity contribution is -0.0555. The maximum absolute atomic E-state index is 11.1. The van der Waals surface area contributed by atoms with E-state index in [-0.39, 0.29) is 16.9 Å². The normalized spacial score (nSPS) is 19.0. The molecular weight excluding hydrogens is 188 g/mol. The maximum Gasteiger partial charge on any atom is 0.341 e. The minimum atomic E-state index is -1.39. The number of phenols is 1. The van der Waals surface area contributed by atoms with Crippen LogP contribution in [0.4, 0.5) is 0 Å². The highest BCUT2D eigenvalue weighted by atomic mass is 16.6. The Hall–Kier alpha value is -1.75. The molecule has 0 aliphatic carbocycles. The third-order valence-corrected chi connectivity index (χ3v) is 2.05. The van der Waals surface area contributed by atoms with Crippen LogP contribution in [-0.2, 0) is 4.74 Å². The van der Waals surface area contributed by atoms with Crippen molar-refractivity contribution in [1.82, 2.24) is 0 Å². The number of hydrogen-bond acceptors (Lipinski definition) is 5. The smallest absolute Gasteiger partial charge is 0.341 e. The molecule has 0 spiro atoms. The number of carbonyl (C=O) groups is 1. The number of carbonyl (C=O) groups excluding carboxylic acids is 1. The van der Waals surface area contributed by atoms with Gasteiger partial charge in [0.05, 0.1) is 18.2 Å². The second kappa shape index (κ2) is 2.88. The molecule has 0 amide bonds. The maximum atomic E-state index is 11.1. The van der Waals surface area contributed by atoms with E-state index in [1.165, 1.54) is 19.2 Å². The minimum Gasteiger partial charge on any atom is -0.507 e. The lowest BCUT2D eigenvalue weighted by Crippen LogP contribution is -1.96. The fourth-order valence-electron chi connectivity index (χ4n) is 1.38. The van der Waals surface area contributed by atoms with Crippen molar-refractivity contribution in [2.45, 2.75) is 6.29 Å². The Bertz CT molecular complexity index is 398. The van der Waals surface area contributed by atoms with Crippen molar-refractivity contribution in [3.05, 3.63) is 23.3 Å². The van der Waals surface area contributed by atoms with Crippen LogP contribution >= 0.6 is 0 Å². The SMILES string of the molecule is COc1cc(O)c2c(c1)C(=O)OC2O. The molecular formula is C9H8O5. The first-order valence-corrected chi connectivity index (χ1v) is 3.93. The number of esters is 1. The molecule has 1 heterocycles. The Morgan fingerprint density at radius 2 is 2.21 bits per heavy atom. The molecule has 0 saturated carbocycles. The zero-order chi connectivity index (χ0) is 10.3. The number of aliphatic hydroxyl groups is 1. The summed E-state index contributed by atoms with van der Waals surface area (Å²) in [5.41, 5.74) is 0.227. The van der Waals surface area contributed by atoms with Gasteiger partial charge < -0.3 is 19.7 Å². The van der Waals surface area contributed by atoms with Gasteiger partial charge in [0.25, 0.3) is 0 Å². The number of methoxy groups -OCH3 is 1. The highest BCUT2D eigenvalue weighted by Gasteiger charge is 2.33. The van der Waals surface area contributed by atoms with Crippen LogP contribution < -0.4 is 4.74 Å². The molecule has 1 aromatic rings. The van der Waals surface area contributed by atoms with E-state index in [0.717, 1.165) is 0 Å². The van der Waals surface area contributed by atoms with E-state index in [2.05, 4.69) is 4.74 Å². The summed E-state index contributed by atoms with van der Waals surface area (Å²) in [6, 6.07) is 2.72. The lowest BCUT2D eigenvalue weighted by Gasteiger charge is -2.05. The first-order chi connectivity index (χ1) is 6.63. The topological polar surface area (TPSA) is 76.0 Å². The average molecular weight is 196 g/mol. The average Bonchev–Trinajstić information content (AvgIpc) is 2.42. The molecule has 1 unspecified atom stereocenters. The summed E-state index contributed by atoms with van der Waals surface area (Å²) in [6.45, 7) is 0. The molecule has 2 N–H and O–H groups in total. The molecule has 1 aliphatic rings. The predicted octanol–water partition coefficient (Wildman–Crippen LogP) is 0.562. The first-order valence-electron chi connectivity index (χ1n) is 3.93. The minimum absolute atomic E-state index is 0.0933. The van der Waals surface area contributed by atoms with E-state index in [9.17, 15) is 15.0 Å². The van der Waals surface area contributed by atoms with Crippen molar-refractivity contribution in [1.29, 1.82) is 0 Å². The summed E-state index contributed by atoms with van der Waals surface area (Å²) in [5.74, 6) is -0.535. The van der Waals surface area contributed by atoms with E-state index < -0.39 is 12.3 Å². The number of rotatable bonds is 1. The van der Waals surface area contributed by atoms with Crippen molar-refractivity contribution in [2.24, 2.45) is 0 Å². The van der Waals surface area contributed by atoms with Crippen LogP contribution in [0, 0.1) is 0 Å². The summed E-state index contributed by atoms with van der Waals surface area (Å²) < 4.78 is 9.37. The number of benzene rings is 1. The number of phenolic OH excluding ortho intramolecular Hbond substituents is 1. The van der Waals surface area contributed by atoms with Gasteiger partial charge in [-0.15, -0.1) is 0 Å². The number of cyclic esters (lactones) is 1. The van der Waals surface area contributed by atoms with Gasteiger partial charge in [-0.05, 0) is 6.07 Å². The van der Waals surface area contributed by atoms with Crippen molar-refractivity contribution >= 4 is 5.97 Å². The van der Waals surface area contributed by atoms with E-state index in [4.69, 9.17) is 4.74 Å². The molecule has 1 aromatic carbocycles. The molecule has 74 valence electrons. The summed E-state index contributed by atoms with van der Waals surface area (Å²) in [7, 11) is 1.41. The van der Waals surface area contributed by atoms with Crippen LogP contribution in [-0.4, -0.2) is 23.3 Å². The summed E-state index contributed by atoms with van der Waals surface area (Å²) in [6.07, 6.45) is -1.39. The highest BCUT2D eigenvalue weighted by Crippen LogP contribution is 2.38. The zero-order valence-corrected chi connectivity index (χ0v) is 7.35. The second-order valence-corrected chi connectivity index (χ2v) is 2.87. The molecule has 0 radical (unpaired) electrons. The van der Waals surface area contributed by atoms with Crippen LogP contribution in [0.5, 0.6) is 11.5 Å². The predicted molar refractivity (Wildman–Crippen MR) is 45.0 cm³/mol. The van der Waals surface area contributed by atoms with Crippen molar-refractivity contribution in [3.8, 4) is 11.5 Å². The summed E-state index contributed by atoms with van der Waals surface area (Å²) in [5, 5.41) is 18.7. The quantitative estimate of drug-likeness (QED) is 0.642. The fourth-order valence-corrected chi connectivity index (χ4v) is 1.38. The van der Waals surface area contributed by atoms with E-state index in [0.29, 0.717) is 5.75 Å². The molecule has 0 saturated heterocycles. The van der Waals surface area contributed by atoms with Crippen LogP contribution in [0.2, 0.25) is 0 Å². The molecule has 0 aromatic heterocycles. The zero-order valence-electron chi connectivity index (χ0n) is 7.35. The van der Waals surface area contributed by atoms with E-state index in [1.807, 2.05) is 0 Å². The van der Waals surface area contributed by atoms with Crippen LogP contribution in [0.1, 0.15) is 22.2 Å². The molecule has 5 nitrogen and oxygen atoms in total. The third kappa shape index (κ3) is 1.10. The van der Waals surface area contributed by atoms with Gasteiger partial charge in [-0.3, -0.25) is 0 Å². The Balaban J connectivity index is 2.62. The molecule has 2 rings (SSSR count). The molecule has 0 bridgehead atoms. The van der Waals surface area contributed by atoms with Gasteiger partial charge in [0.2, 0.25) is 6.29 Å². The van der Waals surface area contributed by atoms with Crippen molar-refractivity contribution in [3.63, 3.8) is 0 Å². The molecule has 1 aliphatic heterocycles. The largest absolute Gasteiger partial charge is 0.507 e. The number of fused-ring (bicyclic) bond motifs is 1. The third-order valence-electron chi connectivity index (χ3n) is 2.05. The highest BCUT2D eigenvalue weighted by molar-refractivity contribution is 5.95.